The number of carbonyl (C=O) groups is 1. The summed E-state index contributed by atoms with van der Waals surface area (Å²) in [6, 6.07) is 11.6. The molecule has 0 atom stereocenters. The Bertz CT molecular complexity index is 1020. The third-order valence-corrected chi connectivity index (χ3v) is 4.87. The summed E-state index contributed by atoms with van der Waals surface area (Å²) in [6.45, 7) is 1.56. The SMILES string of the molecule is O=C(c1ccc2[nH]nc(C(=Nc3ccc(O)cc3)NO)c2c1)N1CCCCC1. The van der Waals surface area contributed by atoms with E-state index < -0.39 is 0 Å². The monoisotopic (exact) mass is 379 g/mol. The number of carbonyl (C=O) groups excluding carboxylic acids is 1. The lowest BCUT2D eigenvalue weighted by Gasteiger charge is -2.26. The molecular formula is C20H21N5O3. The number of aliphatic imine (C=N–C) groups is 1. The van der Waals surface area contributed by atoms with Crippen molar-refractivity contribution in [2.75, 3.05) is 13.1 Å². The third-order valence-electron chi connectivity index (χ3n) is 4.87. The van der Waals surface area contributed by atoms with Crippen LogP contribution in [-0.4, -0.2) is 50.2 Å². The van der Waals surface area contributed by atoms with Crippen molar-refractivity contribution in [2.45, 2.75) is 19.3 Å². The molecule has 28 heavy (non-hydrogen) atoms. The summed E-state index contributed by atoms with van der Waals surface area (Å²) in [7, 11) is 0. The molecule has 0 spiro atoms. The van der Waals surface area contributed by atoms with Crippen molar-refractivity contribution < 1.29 is 15.1 Å². The van der Waals surface area contributed by atoms with E-state index in [0.29, 0.717) is 22.3 Å². The normalized spacial score (nSPS) is 15.0. The Morgan fingerprint density at radius 2 is 1.86 bits per heavy atom. The third kappa shape index (κ3) is 3.54. The zero-order valence-electron chi connectivity index (χ0n) is 15.2. The average molecular weight is 379 g/mol. The first kappa shape index (κ1) is 18.0. The van der Waals surface area contributed by atoms with E-state index in [1.165, 1.54) is 12.1 Å². The summed E-state index contributed by atoms with van der Waals surface area (Å²) in [5, 5.41) is 26.8. The Labute approximate surface area is 161 Å². The van der Waals surface area contributed by atoms with Crippen molar-refractivity contribution in [1.29, 1.82) is 0 Å². The molecule has 0 unspecified atom stereocenters. The number of aromatic amines is 1. The van der Waals surface area contributed by atoms with Gasteiger partial charge in [0.05, 0.1) is 11.2 Å². The fourth-order valence-electron chi connectivity index (χ4n) is 3.39. The van der Waals surface area contributed by atoms with Gasteiger partial charge in [-0.2, -0.15) is 5.10 Å². The van der Waals surface area contributed by atoms with Gasteiger partial charge in [0.25, 0.3) is 5.91 Å². The molecule has 1 amide bonds. The van der Waals surface area contributed by atoms with Crippen LogP contribution in [0.15, 0.2) is 47.5 Å². The lowest BCUT2D eigenvalue weighted by atomic mass is 10.1. The second-order valence-electron chi connectivity index (χ2n) is 6.77. The average Bonchev–Trinajstić information content (AvgIpc) is 3.16. The summed E-state index contributed by atoms with van der Waals surface area (Å²) in [4.78, 5) is 19.0. The number of benzene rings is 2. The van der Waals surface area contributed by atoms with E-state index in [0.717, 1.165) is 37.9 Å². The number of aromatic nitrogens is 2. The van der Waals surface area contributed by atoms with Crippen LogP contribution in [0.1, 0.15) is 35.3 Å². The highest BCUT2D eigenvalue weighted by atomic mass is 16.5. The van der Waals surface area contributed by atoms with E-state index >= 15 is 0 Å². The van der Waals surface area contributed by atoms with Gasteiger partial charge in [0, 0.05) is 24.0 Å². The number of piperidine rings is 1. The number of fused-ring (bicyclic) bond motifs is 1. The molecule has 144 valence electrons. The molecule has 0 saturated carbocycles. The number of hydroxylamine groups is 1. The van der Waals surface area contributed by atoms with E-state index in [1.807, 2.05) is 4.90 Å². The van der Waals surface area contributed by atoms with E-state index in [4.69, 9.17) is 0 Å². The first-order valence-corrected chi connectivity index (χ1v) is 9.21. The van der Waals surface area contributed by atoms with Gasteiger partial charge in [0.15, 0.2) is 5.84 Å². The maximum absolute atomic E-state index is 12.8. The first-order chi connectivity index (χ1) is 13.7. The molecular weight excluding hydrogens is 358 g/mol. The number of nitrogens with zero attached hydrogens (tertiary/aromatic N) is 3. The Kier molecular flexibility index (Phi) is 4.94. The molecule has 0 bridgehead atoms. The molecule has 8 heteroatoms. The zero-order chi connectivity index (χ0) is 19.5. The zero-order valence-corrected chi connectivity index (χ0v) is 15.2. The fourth-order valence-corrected chi connectivity index (χ4v) is 3.39. The lowest BCUT2D eigenvalue weighted by molar-refractivity contribution is 0.0724. The highest BCUT2D eigenvalue weighted by molar-refractivity contribution is 6.09. The van der Waals surface area contributed by atoms with Crippen LogP contribution in [0, 0.1) is 0 Å². The van der Waals surface area contributed by atoms with Gasteiger partial charge >= 0.3 is 0 Å². The summed E-state index contributed by atoms with van der Waals surface area (Å²) in [5.74, 6) is 0.269. The van der Waals surface area contributed by atoms with Crippen LogP contribution >= 0.6 is 0 Å². The summed E-state index contributed by atoms with van der Waals surface area (Å²) in [5.41, 5.74) is 4.33. The lowest BCUT2D eigenvalue weighted by Crippen LogP contribution is -2.35. The van der Waals surface area contributed by atoms with E-state index in [1.54, 1.807) is 30.3 Å². The Hall–Kier alpha value is -3.39. The fraction of sp³-hybridized carbons (Fsp3) is 0.250. The van der Waals surface area contributed by atoms with Gasteiger partial charge in [-0.05, 0) is 61.7 Å². The van der Waals surface area contributed by atoms with Crippen LogP contribution in [0.4, 0.5) is 5.69 Å². The number of amides is 1. The van der Waals surface area contributed by atoms with Crippen molar-refractivity contribution in [3.63, 3.8) is 0 Å². The van der Waals surface area contributed by atoms with E-state index in [9.17, 15) is 15.1 Å². The smallest absolute Gasteiger partial charge is 0.253 e. The second kappa shape index (κ2) is 7.69. The number of hydrogen-bond donors (Lipinski definition) is 4. The molecule has 4 N–H and O–H groups in total. The van der Waals surface area contributed by atoms with E-state index in [2.05, 4.69) is 20.7 Å². The Balaban J connectivity index is 1.70. The predicted molar refractivity (Wildman–Crippen MR) is 105 cm³/mol. The number of rotatable bonds is 3. The van der Waals surface area contributed by atoms with Crippen molar-refractivity contribution in [3.05, 3.63) is 53.7 Å². The van der Waals surface area contributed by atoms with Gasteiger partial charge in [0.1, 0.15) is 11.4 Å². The summed E-state index contributed by atoms with van der Waals surface area (Å²) >= 11 is 0. The minimum Gasteiger partial charge on any atom is -0.508 e. The van der Waals surface area contributed by atoms with Crippen molar-refractivity contribution in [1.82, 2.24) is 20.6 Å². The van der Waals surface area contributed by atoms with Crippen molar-refractivity contribution in [2.24, 2.45) is 4.99 Å². The van der Waals surface area contributed by atoms with Gasteiger partial charge in [-0.3, -0.25) is 20.6 Å². The number of aromatic hydroxyl groups is 1. The van der Waals surface area contributed by atoms with Crippen LogP contribution in [0.2, 0.25) is 0 Å². The number of phenols is 1. The molecule has 2 aromatic carbocycles. The number of phenolic OH excluding ortho intramolecular Hbond substituents is 1. The number of likely N-dealkylation sites (tertiary alicyclic amines) is 1. The van der Waals surface area contributed by atoms with Gasteiger partial charge in [-0.1, -0.05) is 0 Å². The second-order valence-corrected chi connectivity index (χ2v) is 6.77. The van der Waals surface area contributed by atoms with Gasteiger partial charge in [-0.15, -0.1) is 0 Å². The van der Waals surface area contributed by atoms with Crippen LogP contribution < -0.4 is 5.48 Å². The number of nitrogens with one attached hydrogen (secondary N) is 2. The van der Waals surface area contributed by atoms with Gasteiger partial charge in [-0.25, -0.2) is 4.99 Å². The van der Waals surface area contributed by atoms with Crippen molar-refractivity contribution in [3.8, 4) is 5.75 Å². The highest BCUT2D eigenvalue weighted by Crippen LogP contribution is 2.23. The molecule has 0 radical (unpaired) electrons. The minimum absolute atomic E-state index is 0.00253. The van der Waals surface area contributed by atoms with Crippen molar-refractivity contribution >= 4 is 28.3 Å². The van der Waals surface area contributed by atoms with Crippen LogP contribution in [-0.2, 0) is 0 Å². The number of H-pyrrole nitrogens is 1. The van der Waals surface area contributed by atoms with Crippen LogP contribution in [0.5, 0.6) is 5.75 Å². The van der Waals surface area contributed by atoms with Gasteiger partial charge < -0.3 is 10.0 Å². The van der Waals surface area contributed by atoms with Gasteiger partial charge in [0.2, 0.25) is 0 Å². The molecule has 8 nitrogen and oxygen atoms in total. The molecule has 1 saturated heterocycles. The molecule has 3 aromatic rings. The topological polar surface area (TPSA) is 114 Å². The first-order valence-electron chi connectivity index (χ1n) is 9.21. The van der Waals surface area contributed by atoms with Crippen LogP contribution in [0.3, 0.4) is 0 Å². The molecule has 1 aliphatic rings. The molecule has 0 aliphatic carbocycles. The van der Waals surface area contributed by atoms with E-state index in [-0.39, 0.29) is 17.5 Å². The quantitative estimate of drug-likeness (QED) is 0.317. The molecule has 1 fully saturated rings. The predicted octanol–water partition coefficient (Wildman–Crippen LogP) is 2.95. The maximum atomic E-state index is 12.8. The highest BCUT2D eigenvalue weighted by Gasteiger charge is 2.20. The molecule has 1 aliphatic heterocycles. The van der Waals surface area contributed by atoms with Crippen LogP contribution in [0.25, 0.3) is 10.9 Å². The number of amidine groups is 1. The minimum atomic E-state index is 0.00253. The summed E-state index contributed by atoms with van der Waals surface area (Å²) < 4.78 is 0. The summed E-state index contributed by atoms with van der Waals surface area (Å²) in [6.07, 6.45) is 3.22. The molecule has 2 heterocycles. The largest absolute Gasteiger partial charge is 0.508 e. The Morgan fingerprint density at radius 1 is 1.11 bits per heavy atom. The molecule has 1 aromatic heterocycles. The Morgan fingerprint density at radius 3 is 2.57 bits per heavy atom. The maximum Gasteiger partial charge on any atom is 0.253 e. The number of hydrogen-bond acceptors (Lipinski definition) is 5. The molecule has 4 rings (SSSR count). The standard InChI is InChI=1S/C20H21N5O3/c26-15-7-5-14(6-8-15)21-19(24-28)18-16-12-13(4-9-17(16)22-23-18)20(27)25-10-2-1-3-11-25/h4-9,12,26,28H,1-3,10-11H2,(H,21,24)(H,22,23).